The van der Waals surface area contributed by atoms with Crippen LogP contribution in [0.1, 0.15) is 17.5 Å². The Morgan fingerprint density at radius 1 is 1.45 bits per heavy atom. The molecule has 1 unspecified atom stereocenters. The molecule has 1 aromatic rings. The van der Waals surface area contributed by atoms with Gasteiger partial charge in [0.05, 0.1) is 12.2 Å². The number of ether oxygens (including phenoxy) is 2. The summed E-state index contributed by atoms with van der Waals surface area (Å²) in [4.78, 5) is 11.3. The molecule has 1 saturated heterocycles. The Bertz CT molecular complexity index is 502. The van der Waals surface area contributed by atoms with Crippen LogP contribution in [0.5, 0.6) is 5.75 Å². The summed E-state index contributed by atoms with van der Waals surface area (Å²) in [7, 11) is 1.65. The normalized spacial score (nSPS) is 19.0. The summed E-state index contributed by atoms with van der Waals surface area (Å²) >= 11 is 0. The van der Waals surface area contributed by atoms with E-state index < -0.39 is 23.8 Å². The Hall–Kier alpha value is -1.76. The number of hydrogen-bond acceptors (Lipinski definition) is 4. The standard InChI is InChI=1S/C13H14F3NO3/c1-17-7-8-2-3-10(9(6-8)13(14,15)16)20-11-4-5-19-12(11)18/h2-3,6,11,17H,4-5,7H2,1H3. The maximum atomic E-state index is 13.0. The third-order valence-corrected chi connectivity index (χ3v) is 2.89. The molecule has 1 atom stereocenters. The van der Waals surface area contributed by atoms with Crippen molar-refractivity contribution >= 4 is 5.97 Å². The zero-order valence-electron chi connectivity index (χ0n) is 10.8. The molecule has 0 amide bonds. The molecule has 1 fully saturated rings. The highest BCUT2D eigenvalue weighted by Gasteiger charge is 2.37. The molecule has 0 saturated carbocycles. The lowest BCUT2D eigenvalue weighted by atomic mass is 10.1. The van der Waals surface area contributed by atoms with Crippen LogP contribution < -0.4 is 10.1 Å². The maximum absolute atomic E-state index is 13.0. The van der Waals surface area contributed by atoms with Gasteiger partial charge in [0.25, 0.3) is 0 Å². The van der Waals surface area contributed by atoms with Crippen LogP contribution in [0.15, 0.2) is 18.2 Å². The number of esters is 1. The lowest BCUT2D eigenvalue weighted by Crippen LogP contribution is -2.23. The van der Waals surface area contributed by atoms with Gasteiger partial charge in [0, 0.05) is 13.0 Å². The van der Waals surface area contributed by atoms with Crippen molar-refractivity contribution in [2.24, 2.45) is 0 Å². The number of benzene rings is 1. The zero-order valence-corrected chi connectivity index (χ0v) is 10.8. The minimum atomic E-state index is -4.54. The van der Waals surface area contributed by atoms with E-state index in [9.17, 15) is 18.0 Å². The minimum absolute atomic E-state index is 0.169. The Balaban J connectivity index is 2.29. The van der Waals surface area contributed by atoms with Crippen LogP contribution in [-0.2, 0) is 22.3 Å². The predicted molar refractivity (Wildman–Crippen MR) is 64.2 cm³/mol. The van der Waals surface area contributed by atoms with Crippen molar-refractivity contribution in [2.75, 3.05) is 13.7 Å². The molecule has 1 aromatic carbocycles. The Labute approximate surface area is 113 Å². The Kier molecular flexibility index (Phi) is 4.17. The fourth-order valence-corrected chi connectivity index (χ4v) is 1.95. The largest absolute Gasteiger partial charge is 0.478 e. The maximum Gasteiger partial charge on any atom is 0.419 e. The van der Waals surface area contributed by atoms with Crippen LogP contribution in [0.4, 0.5) is 13.2 Å². The smallest absolute Gasteiger partial charge is 0.419 e. The first-order valence-corrected chi connectivity index (χ1v) is 6.10. The molecule has 0 bridgehead atoms. The van der Waals surface area contributed by atoms with E-state index in [1.54, 1.807) is 7.05 Å². The van der Waals surface area contributed by atoms with Gasteiger partial charge in [-0.2, -0.15) is 13.2 Å². The van der Waals surface area contributed by atoms with Crippen molar-refractivity contribution in [3.8, 4) is 5.75 Å². The second-order valence-electron chi connectivity index (χ2n) is 4.42. The lowest BCUT2D eigenvalue weighted by molar-refractivity contribution is -0.146. The van der Waals surface area contributed by atoms with Gasteiger partial charge in [0.1, 0.15) is 5.75 Å². The number of alkyl halides is 3. The SMILES string of the molecule is CNCc1ccc(OC2CCOC2=O)c(C(F)(F)F)c1. The van der Waals surface area contributed by atoms with Crippen molar-refractivity contribution < 1.29 is 27.4 Å². The summed E-state index contributed by atoms with van der Waals surface area (Å²) < 4.78 is 48.9. The molecule has 1 N–H and O–H groups in total. The number of nitrogens with one attached hydrogen (secondary N) is 1. The highest BCUT2D eigenvalue weighted by atomic mass is 19.4. The van der Waals surface area contributed by atoms with E-state index in [1.165, 1.54) is 12.1 Å². The lowest BCUT2D eigenvalue weighted by Gasteiger charge is -2.17. The molecule has 0 aliphatic carbocycles. The molecule has 1 aliphatic heterocycles. The molecule has 1 heterocycles. The van der Waals surface area contributed by atoms with E-state index in [2.05, 4.69) is 10.1 Å². The van der Waals surface area contributed by atoms with Gasteiger partial charge < -0.3 is 14.8 Å². The fourth-order valence-electron chi connectivity index (χ4n) is 1.95. The third kappa shape index (κ3) is 3.22. The van der Waals surface area contributed by atoms with Gasteiger partial charge in [-0.1, -0.05) is 6.07 Å². The molecule has 110 valence electrons. The van der Waals surface area contributed by atoms with Gasteiger partial charge in [-0.15, -0.1) is 0 Å². The van der Waals surface area contributed by atoms with E-state index in [4.69, 9.17) is 4.74 Å². The minimum Gasteiger partial charge on any atom is -0.478 e. The van der Waals surface area contributed by atoms with Crippen LogP contribution in [0, 0.1) is 0 Å². The number of halogens is 3. The monoisotopic (exact) mass is 289 g/mol. The number of carbonyl (C=O) groups is 1. The second kappa shape index (κ2) is 5.70. The van der Waals surface area contributed by atoms with E-state index >= 15 is 0 Å². The summed E-state index contributed by atoms with van der Waals surface area (Å²) in [6.45, 7) is 0.484. The molecule has 2 rings (SSSR count). The zero-order chi connectivity index (χ0) is 14.8. The fraction of sp³-hybridized carbons (Fsp3) is 0.462. The molecule has 7 heteroatoms. The Morgan fingerprint density at radius 3 is 2.75 bits per heavy atom. The van der Waals surface area contributed by atoms with Crippen LogP contribution in [0.25, 0.3) is 0 Å². The molecule has 0 spiro atoms. The molecule has 4 nitrogen and oxygen atoms in total. The first kappa shape index (κ1) is 14.6. The van der Waals surface area contributed by atoms with Crippen molar-refractivity contribution in [3.05, 3.63) is 29.3 Å². The van der Waals surface area contributed by atoms with Gasteiger partial charge in [-0.05, 0) is 24.7 Å². The average Bonchev–Trinajstić information content (AvgIpc) is 2.76. The third-order valence-electron chi connectivity index (χ3n) is 2.89. The van der Waals surface area contributed by atoms with Gasteiger partial charge in [-0.25, -0.2) is 4.79 Å². The van der Waals surface area contributed by atoms with E-state index in [0.29, 0.717) is 12.1 Å². The first-order chi connectivity index (χ1) is 9.41. The van der Waals surface area contributed by atoms with Crippen LogP contribution in [-0.4, -0.2) is 25.7 Å². The number of cyclic esters (lactones) is 1. The number of hydrogen-bond donors (Lipinski definition) is 1. The van der Waals surface area contributed by atoms with Crippen LogP contribution >= 0.6 is 0 Å². The topological polar surface area (TPSA) is 47.6 Å². The highest BCUT2D eigenvalue weighted by molar-refractivity contribution is 5.76. The molecule has 0 aromatic heterocycles. The van der Waals surface area contributed by atoms with E-state index in [0.717, 1.165) is 6.07 Å². The molecular weight excluding hydrogens is 275 g/mol. The van der Waals surface area contributed by atoms with Crippen molar-refractivity contribution in [3.63, 3.8) is 0 Å². The van der Waals surface area contributed by atoms with Crippen LogP contribution in [0.2, 0.25) is 0 Å². The van der Waals surface area contributed by atoms with Gasteiger partial charge in [0.15, 0.2) is 6.10 Å². The summed E-state index contributed by atoms with van der Waals surface area (Å²) in [5.74, 6) is -0.973. The van der Waals surface area contributed by atoms with Gasteiger partial charge in [0.2, 0.25) is 0 Å². The summed E-state index contributed by atoms with van der Waals surface area (Å²) in [5, 5.41) is 2.78. The predicted octanol–water partition coefficient (Wildman–Crippen LogP) is 2.12. The molecule has 1 aliphatic rings. The molecule has 0 radical (unpaired) electrons. The van der Waals surface area contributed by atoms with Crippen LogP contribution in [0.3, 0.4) is 0 Å². The second-order valence-corrected chi connectivity index (χ2v) is 4.42. The van der Waals surface area contributed by atoms with Gasteiger partial charge >= 0.3 is 12.1 Å². The van der Waals surface area contributed by atoms with Gasteiger partial charge in [-0.3, -0.25) is 0 Å². The van der Waals surface area contributed by atoms with Crippen molar-refractivity contribution in [1.29, 1.82) is 0 Å². The quantitative estimate of drug-likeness (QED) is 0.863. The highest BCUT2D eigenvalue weighted by Crippen LogP contribution is 2.37. The van der Waals surface area contributed by atoms with Crippen molar-refractivity contribution in [2.45, 2.75) is 25.2 Å². The number of rotatable bonds is 4. The van der Waals surface area contributed by atoms with E-state index in [-0.39, 0.29) is 18.8 Å². The summed E-state index contributed by atoms with van der Waals surface area (Å²) in [5.41, 5.74) is -0.397. The molecular formula is C13H14F3NO3. The summed E-state index contributed by atoms with van der Waals surface area (Å²) in [6, 6.07) is 3.79. The van der Waals surface area contributed by atoms with Crippen molar-refractivity contribution in [1.82, 2.24) is 5.32 Å². The average molecular weight is 289 g/mol. The van der Waals surface area contributed by atoms with E-state index in [1.807, 2.05) is 0 Å². The summed E-state index contributed by atoms with van der Waals surface area (Å²) in [6.07, 6.45) is -5.25. The Morgan fingerprint density at radius 2 is 2.20 bits per heavy atom. The number of carbonyl (C=O) groups excluding carboxylic acids is 1. The molecule has 20 heavy (non-hydrogen) atoms. The first-order valence-electron chi connectivity index (χ1n) is 6.10.